The van der Waals surface area contributed by atoms with Crippen LogP contribution in [0.2, 0.25) is 0 Å². The third kappa shape index (κ3) is 3.68. The molecule has 0 unspecified atom stereocenters. The number of halogens is 2. The summed E-state index contributed by atoms with van der Waals surface area (Å²) < 4.78 is 7.99. The summed E-state index contributed by atoms with van der Waals surface area (Å²) in [5.74, 6) is 0.927. The molecule has 84 valence electrons. The average molecular weight is 347 g/mol. The molecule has 0 spiro atoms. The molecule has 0 N–H and O–H groups in total. The second-order valence-corrected chi connectivity index (χ2v) is 6.08. The van der Waals surface area contributed by atoms with E-state index >= 15 is 0 Å². The molecule has 0 heterocycles. The fourth-order valence-electron chi connectivity index (χ4n) is 1.24. The van der Waals surface area contributed by atoms with Crippen molar-refractivity contribution < 1.29 is 38.3 Å². The zero-order valence-corrected chi connectivity index (χ0v) is 11.8. The molecular formula is C13H12ClIO. The Morgan fingerprint density at radius 1 is 0.812 bits per heavy atom. The van der Waals surface area contributed by atoms with Gasteiger partial charge in [0.15, 0.2) is 7.14 Å². The lowest BCUT2D eigenvalue weighted by Gasteiger charge is -1.95. The Hall–Kier alpha value is -0.740. The fourth-order valence-corrected chi connectivity index (χ4v) is 3.45. The topological polar surface area (TPSA) is 9.23 Å². The summed E-state index contributed by atoms with van der Waals surface area (Å²) in [5, 5.41) is 0. The molecule has 0 aliphatic heterocycles. The minimum Gasteiger partial charge on any atom is -1.00 e. The van der Waals surface area contributed by atoms with Crippen molar-refractivity contribution in [3.05, 3.63) is 61.7 Å². The molecule has 0 saturated carbocycles. The molecule has 2 aromatic rings. The third-order valence-corrected chi connectivity index (χ3v) is 4.68. The summed E-state index contributed by atoms with van der Waals surface area (Å²) in [5.41, 5.74) is 0. The quantitative estimate of drug-likeness (QED) is 0.533. The van der Waals surface area contributed by atoms with Gasteiger partial charge >= 0.3 is 21.2 Å². The lowest BCUT2D eigenvalue weighted by Crippen LogP contribution is -3.61. The molecule has 0 atom stereocenters. The van der Waals surface area contributed by atoms with E-state index in [1.54, 1.807) is 7.11 Å². The van der Waals surface area contributed by atoms with Crippen molar-refractivity contribution in [3.63, 3.8) is 0 Å². The van der Waals surface area contributed by atoms with Gasteiger partial charge < -0.3 is 17.1 Å². The molecule has 0 saturated heterocycles. The number of ether oxygens (including phenoxy) is 1. The average Bonchev–Trinajstić information content (AvgIpc) is 2.31. The third-order valence-electron chi connectivity index (χ3n) is 2.00. The highest BCUT2D eigenvalue weighted by atomic mass is 127. The van der Waals surface area contributed by atoms with Gasteiger partial charge in [-0.3, -0.25) is 0 Å². The molecule has 0 amide bonds. The van der Waals surface area contributed by atoms with Gasteiger partial charge in [-0.2, -0.15) is 0 Å². The monoisotopic (exact) mass is 346 g/mol. The summed E-state index contributed by atoms with van der Waals surface area (Å²) >= 11 is -0.0449. The second-order valence-electron chi connectivity index (χ2n) is 3.05. The molecule has 0 aliphatic carbocycles. The van der Waals surface area contributed by atoms with Gasteiger partial charge in [-0.15, -0.1) is 0 Å². The van der Waals surface area contributed by atoms with Crippen LogP contribution in [-0.4, -0.2) is 7.11 Å². The van der Waals surface area contributed by atoms with Crippen molar-refractivity contribution in [2.45, 2.75) is 0 Å². The molecule has 0 aliphatic rings. The standard InChI is InChI=1S/C13H12IO.ClH/c1-15-13-9-7-12(8-10-13)14-11-5-3-2-4-6-11;/h2-10H,1H3;1H/q+1;/p-1. The van der Waals surface area contributed by atoms with Crippen LogP contribution < -0.4 is 38.3 Å². The van der Waals surface area contributed by atoms with Crippen LogP contribution in [0, 0.1) is 7.14 Å². The van der Waals surface area contributed by atoms with Gasteiger partial charge in [0.25, 0.3) is 0 Å². The van der Waals surface area contributed by atoms with Crippen molar-refractivity contribution in [1.29, 1.82) is 0 Å². The first-order valence-electron chi connectivity index (χ1n) is 4.72. The first-order valence-corrected chi connectivity index (χ1v) is 6.88. The molecule has 0 fully saturated rings. The number of rotatable bonds is 3. The molecule has 2 aromatic carbocycles. The molecule has 1 nitrogen and oxygen atoms in total. The SMILES string of the molecule is COc1ccc([I+]c2ccccc2)cc1.[Cl-]. The van der Waals surface area contributed by atoms with Crippen LogP contribution in [0.1, 0.15) is 0 Å². The summed E-state index contributed by atoms with van der Waals surface area (Å²) in [6.07, 6.45) is 0. The number of methoxy groups -OCH3 is 1. The first kappa shape index (κ1) is 13.3. The zero-order chi connectivity index (χ0) is 10.5. The van der Waals surface area contributed by atoms with Gasteiger partial charge in [0.2, 0.25) is 0 Å². The van der Waals surface area contributed by atoms with Gasteiger partial charge in [-0.25, -0.2) is 0 Å². The zero-order valence-electron chi connectivity index (χ0n) is 8.86. The van der Waals surface area contributed by atoms with Gasteiger partial charge in [-0.1, -0.05) is 18.2 Å². The van der Waals surface area contributed by atoms with Crippen LogP contribution in [-0.2, 0) is 0 Å². The summed E-state index contributed by atoms with van der Waals surface area (Å²) in [6.45, 7) is 0. The van der Waals surface area contributed by atoms with E-state index < -0.39 is 0 Å². The molecule has 0 radical (unpaired) electrons. The molecule has 3 heteroatoms. The van der Waals surface area contributed by atoms with Crippen LogP contribution in [0.5, 0.6) is 5.75 Å². The van der Waals surface area contributed by atoms with Crippen LogP contribution in [0.4, 0.5) is 0 Å². The van der Waals surface area contributed by atoms with E-state index in [-0.39, 0.29) is 33.6 Å². The Kier molecular flexibility index (Phi) is 5.63. The number of hydrogen-bond donors (Lipinski definition) is 0. The Bertz CT molecular complexity index is 414. The maximum atomic E-state index is 5.13. The van der Waals surface area contributed by atoms with E-state index in [4.69, 9.17) is 4.74 Å². The molecular weight excluding hydrogens is 334 g/mol. The van der Waals surface area contributed by atoms with E-state index in [1.165, 1.54) is 7.14 Å². The Morgan fingerprint density at radius 3 is 1.94 bits per heavy atom. The number of benzene rings is 2. The highest BCUT2D eigenvalue weighted by Crippen LogP contribution is 2.06. The number of hydrogen-bond acceptors (Lipinski definition) is 1. The fraction of sp³-hybridized carbons (Fsp3) is 0.0769. The van der Waals surface area contributed by atoms with Crippen molar-refractivity contribution in [1.82, 2.24) is 0 Å². The highest BCUT2D eigenvalue weighted by molar-refractivity contribution is 5.20. The smallest absolute Gasteiger partial charge is 0.357 e. The second kappa shape index (κ2) is 6.76. The van der Waals surface area contributed by atoms with Gasteiger partial charge in [0.05, 0.1) is 7.11 Å². The normalized spacial score (nSPS) is 9.31. The van der Waals surface area contributed by atoms with Crippen molar-refractivity contribution in [2.24, 2.45) is 0 Å². The van der Waals surface area contributed by atoms with Crippen LogP contribution >= 0.6 is 0 Å². The minimum absolute atomic E-state index is 0. The van der Waals surface area contributed by atoms with Gasteiger partial charge in [0.1, 0.15) is 5.75 Å². The predicted octanol–water partition coefficient (Wildman–Crippen LogP) is -3.17. The van der Waals surface area contributed by atoms with Gasteiger partial charge in [-0.05, 0) is 36.4 Å². The maximum absolute atomic E-state index is 5.13. The van der Waals surface area contributed by atoms with Crippen molar-refractivity contribution >= 4 is 0 Å². The van der Waals surface area contributed by atoms with Crippen LogP contribution in [0.25, 0.3) is 0 Å². The predicted molar refractivity (Wildman–Crippen MR) is 56.8 cm³/mol. The Labute approximate surface area is 113 Å². The summed E-state index contributed by atoms with van der Waals surface area (Å²) in [4.78, 5) is 0. The largest absolute Gasteiger partial charge is 1.00 e. The van der Waals surface area contributed by atoms with E-state index in [1.807, 2.05) is 12.1 Å². The van der Waals surface area contributed by atoms with E-state index in [9.17, 15) is 0 Å². The minimum atomic E-state index is -0.0449. The lowest BCUT2D eigenvalue weighted by molar-refractivity contribution is -0.597. The summed E-state index contributed by atoms with van der Waals surface area (Å²) in [7, 11) is 1.70. The Balaban J connectivity index is 0.00000128. The van der Waals surface area contributed by atoms with Crippen LogP contribution in [0.3, 0.4) is 0 Å². The lowest BCUT2D eigenvalue weighted by atomic mass is 10.3. The van der Waals surface area contributed by atoms with Crippen molar-refractivity contribution in [2.75, 3.05) is 7.11 Å². The van der Waals surface area contributed by atoms with Crippen LogP contribution in [0.15, 0.2) is 54.6 Å². The molecule has 2 rings (SSSR count). The highest BCUT2D eigenvalue weighted by Gasteiger charge is 2.13. The molecule has 0 bridgehead atoms. The van der Waals surface area contributed by atoms with E-state index in [2.05, 4.69) is 42.5 Å². The first-order chi connectivity index (χ1) is 7.38. The maximum Gasteiger partial charge on any atom is 0.357 e. The Morgan fingerprint density at radius 2 is 1.38 bits per heavy atom. The molecule has 0 aromatic heterocycles. The molecule has 16 heavy (non-hydrogen) atoms. The van der Waals surface area contributed by atoms with E-state index in [0.717, 1.165) is 5.75 Å². The van der Waals surface area contributed by atoms with Gasteiger partial charge in [0, 0.05) is 0 Å². The van der Waals surface area contributed by atoms with E-state index in [0.29, 0.717) is 0 Å². The van der Waals surface area contributed by atoms with Crippen molar-refractivity contribution in [3.8, 4) is 5.75 Å². The summed E-state index contributed by atoms with van der Waals surface area (Å²) in [6, 6.07) is 19.0.